The fraction of sp³-hybridized carbons (Fsp3) is 0. The van der Waals surface area contributed by atoms with Crippen molar-refractivity contribution >= 4 is 56.7 Å². The van der Waals surface area contributed by atoms with E-state index in [4.69, 9.17) is 0 Å². The van der Waals surface area contributed by atoms with Gasteiger partial charge < -0.3 is 0 Å². The molecule has 0 N–H and O–H groups in total. The zero-order valence-electron chi connectivity index (χ0n) is 2.87. The van der Waals surface area contributed by atoms with Crippen molar-refractivity contribution in [2.24, 2.45) is 0 Å². The van der Waals surface area contributed by atoms with Crippen molar-refractivity contribution in [2.45, 2.75) is 0 Å². The van der Waals surface area contributed by atoms with Gasteiger partial charge in [0.25, 0.3) is 0 Å². The van der Waals surface area contributed by atoms with Crippen LogP contribution in [0.1, 0.15) is 0 Å². The van der Waals surface area contributed by atoms with Gasteiger partial charge in [0, 0.05) is 21.2 Å². The largest absolute Gasteiger partial charge is 0.219 e. The smallest absolute Gasteiger partial charge is 0.206 e. The SMILES string of the molecule is O=[SH](=O)S(=S)(=S)I. The predicted octanol–water partition coefficient (Wildman–Crippen LogP) is -0.0594. The summed E-state index contributed by atoms with van der Waals surface area (Å²) in [7, 11) is -2.54. The van der Waals surface area contributed by atoms with Crippen LogP contribution in [-0.4, -0.2) is 8.42 Å². The molecule has 7 heavy (non-hydrogen) atoms. The van der Waals surface area contributed by atoms with Crippen LogP contribution < -0.4 is 0 Å². The van der Waals surface area contributed by atoms with E-state index in [2.05, 4.69) is 22.4 Å². The first kappa shape index (κ1) is 8.47. The molecule has 0 amide bonds. The number of thiol groups is 1. The zero-order valence-corrected chi connectivity index (χ0v) is 8.37. The molecule has 0 aromatic heterocycles. The van der Waals surface area contributed by atoms with Crippen LogP contribution in [0.5, 0.6) is 0 Å². The summed E-state index contributed by atoms with van der Waals surface area (Å²) in [5, 5.41) is 0. The number of rotatable bonds is 1. The summed E-state index contributed by atoms with van der Waals surface area (Å²) in [5.41, 5.74) is 0. The highest BCUT2D eigenvalue weighted by Gasteiger charge is 1.92. The van der Waals surface area contributed by atoms with Crippen LogP contribution in [0.25, 0.3) is 0 Å². The predicted molar refractivity (Wildman–Crippen MR) is 46.4 cm³/mol. The fourth-order valence-corrected chi connectivity index (χ4v) is 0. The quantitative estimate of drug-likeness (QED) is 0.317. The van der Waals surface area contributed by atoms with Crippen LogP contribution in [0.2, 0.25) is 0 Å². The minimum Gasteiger partial charge on any atom is -0.219 e. The van der Waals surface area contributed by atoms with Crippen molar-refractivity contribution in [1.29, 1.82) is 0 Å². The van der Waals surface area contributed by atoms with E-state index in [1.54, 1.807) is 21.2 Å². The summed E-state index contributed by atoms with van der Waals surface area (Å²) in [6, 6.07) is 0. The topological polar surface area (TPSA) is 34.1 Å². The lowest BCUT2D eigenvalue weighted by atomic mass is 15.9. The highest BCUT2D eigenvalue weighted by molar-refractivity contribution is 14.2. The Hall–Kier alpha value is 1.47. The molecule has 0 bridgehead atoms. The van der Waals surface area contributed by atoms with Crippen LogP contribution >= 0.6 is 21.2 Å². The van der Waals surface area contributed by atoms with E-state index < -0.39 is 13.1 Å². The average molecular weight is 288 g/mol. The van der Waals surface area contributed by atoms with Gasteiger partial charge in [-0.1, -0.05) is 0 Å². The van der Waals surface area contributed by atoms with Crippen molar-refractivity contribution < 1.29 is 8.42 Å². The standard InChI is InChI=1S/HIO2S4/c1-7(4,5)6(2)3/h6H. The second kappa shape index (κ2) is 2.85. The third-order valence-corrected chi connectivity index (χ3v) is 6.69. The normalized spacial score (nSPS) is 12.3. The first-order chi connectivity index (χ1) is 2.94. The molecule has 0 spiro atoms. The molecule has 0 fully saturated rings. The van der Waals surface area contributed by atoms with Gasteiger partial charge in [0.1, 0.15) is 0 Å². The minimum atomic E-state index is -2.54. The summed E-state index contributed by atoms with van der Waals surface area (Å²) in [6.45, 7) is 0. The maximum Gasteiger partial charge on any atom is 0.206 e. The van der Waals surface area contributed by atoms with Crippen molar-refractivity contribution in [3.63, 3.8) is 0 Å². The molecule has 0 saturated heterocycles. The van der Waals surface area contributed by atoms with Crippen LogP contribution in [0.15, 0.2) is 0 Å². The molecule has 7 heteroatoms. The van der Waals surface area contributed by atoms with Gasteiger partial charge in [-0.05, 0) is 22.4 Å². The van der Waals surface area contributed by atoms with Crippen LogP contribution in [0.4, 0.5) is 0 Å². The molecule has 0 atom stereocenters. The number of hydrogen-bond donors (Lipinski definition) is 1. The first-order valence-electron chi connectivity index (χ1n) is 1.04. The van der Waals surface area contributed by atoms with E-state index in [1.807, 2.05) is 0 Å². The Morgan fingerprint density at radius 2 is 1.57 bits per heavy atom. The second-order valence-electron chi connectivity index (χ2n) is 0.636. The van der Waals surface area contributed by atoms with Crippen molar-refractivity contribution in [3.8, 4) is 0 Å². The molecule has 0 aliphatic rings. The average Bonchev–Trinajstić information content (AvgIpc) is 1.31. The second-order valence-corrected chi connectivity index (χ2v) is 19.2. The lowest BCUT2D eigenvalue weighted by Crippen LogP contribution is -1.81. The van der Waals surface area contributed by atoms with Gasteiger partial charge in [-0.25, -0.2) is 8.42 Å². The molecule has 0 unspecified atom stereocenters. The summed E-state index contributed by atoms with van der Waals surface area (Å²) in [4.78, 5) is 0. The Balaban J connectivity index is 4.82. The third-order valence-electron chi connectivity index (χ3n) is 0.178. The van der Waals surface area contributed by atoms with E-state index in [0.29, 0.717) is 0 Å². The van der Waals surface area contributed by atoms with E-state index >= 15 is 0 Å². The minimum absolute atomic E-state index is 1.58. The molecule has 0 rings (SSSR count). The van der Waals surface area contributed by atoms with Gasteiger partial charge in [-0.3, -0.25) is 0 Å². The molecule has 44 valence electrons. The lowest BCUT2D eigenvalue weighted by Gasteiger charge is -1.79. The highest BCUT2D eigenvalue weighted by Crippen LogP contribution is 2.01. The van der Waals surface area contributed by atoms with Gasteiger partial charge >= 0.3 is 0 Å². The molecule has 2 nitrogen and oxygen atoms in total. The van der Waals surface area contributed by atoms with Crippen molar-refractivity contribution in [1.82, 2.24) is 0 Å². The fourth-order valence-electron chi connectivity index (χ4n) is 0. The Morgan fingerprint density at radius 3 is 1.57 bits per heavy atom. The van der Waals surface area contributed by atoms with Gasteiger partial charge in [-0.2, -0.15) is 0 Å². The summed E-state index contributed by atoms with van der Waals surface area (Å²) in [5.74, 6) is 0. The van der Waals surface area contributed by atoms with Crippen molar-refractivity contribution in [2.75, 3.05) is 0 Å². The molecule has 0 aliphatic heterocycles. The van der Waals surface area contributed by atoms with Gasteiger partial charge in [0.15, 0.2) is 0 Å². The maximum atomic E-state index is 9.88. The zero-order chi connectivity index (χ0) is 6.08. The molecular formula is HIO2S4. The van der Waals surface area contributed by atoms with E-state index in [-0.39, 0.29) is 0 Å². The van der Waals surface area contributed by atoms with E-state index in [0.717, 1.165) is 0 Å². The van der Waals surface area contributed by atoms with Crippen LogP contribution in [0.3, 0.4) is 0 Å². The Labute approximate surface area is 64.4 Å². The lowest BCUT2D eigenvalue weighted by molar-refractivity contribution is 0.627. The van der Waals surface area contributed by atoms with Gasteiger partial charge in [0.05, 0.1) is 3.35 Å². The molecule has 0 saturated carbocycles. The number of halogens is 1. The molecule has 0 aromatic rings. The Morgan fingerprint density at radius 1 is 1.43 bits per heavy atom. The molecular weight excluding hydrogens is 287 g/mol. The maximum absolute atomic E-state index is 9.88. The molecule has 0 aliphatic carbocycles. The summed E-state index contributed by atoms with van der Waals surface area (Å²) >= 11 is 10.4. The van der Waals surface area contributed by atoms with Gasteiger partial charge in [0.2, 0.25) is 9.74 Å². The third kappa shape index (κ3) is 4.01. The highest BCUT2D eigenvalue weighted by atomic mass is 127. The Bertz CT molecular complexity index is 198. The van der Waals surface area contributed by atoms with Crippen LogP contribution in [0, 0.1) is 0 Å². The molecule has 0 radical (unpaired) electrons. The summed E-state index contributed by atoms with van der Waals surface area (Å²) in [6.07, 6.45) is 0. The van der Waals surface area contributed by atoms with E-state index in [9.17, 15) is 8.42 Å². The van der Waals surface area contributed by atoms with Crippen molar-refractivity contribution in [3.05, 3.63) is 0 Å². The number of hydrogen-bond acceptors (Lipinski definition) is 4. The van der Waals surface area contributed by atoms with Gasteiger partial charge in [-0.15, -0.1) is 0 Å². The molecule has 0 aromatic carbocycles. The molecule has 0 heterocycles. The first-order valence-corrected chi connectivity index (χ1v) is 8.84. The van der Waals surface area contributed by atoms with Crippen LogP contribution in [-0.2, 0) is 35.5 Å². The van der Waals surface area contributed by atoms with E-state index in [1.165, 1.54) is 0 Å². The summed E-state index contributed by atoms with van der Waals surface area (Å²) < 4.78 is 17.6. The Kier molecular flexibility index (Phi) is 3.45. The monoisotopic (exact) mass is 288 g/mol.